The number of carbonyl (C=O) groups is 1. The lowest BCUT2D eigenvalue weighted by Gasteiger charge is -1.97. The molecule has 0 N–H and O–H groups in total. The molecule has 18 heavy (non-hydrogen) atoms. The fraction of sp³-hybridized carbons (Fsp3) is 0.312. The molecule has 2 heteroatoms. The van der Waals surface area contributed by atoms with E-state index in [1.165, 1.54) is 17.2 Å². The second-order valence-electron chi connectivity index (χ2n) is 3.79. The molecule has 0 aliphatic carbocycles. The zero-order valence-electron chi connectivity index (χ0n) is 11.3. The molecular weight excluding hydrogens is 224 g/mol. The van der Waals surface area contributed by atoms with Crippen molar-refractivity contribution in [2.75, 3.05) is 6.61 Å². The highest BCUT2D eigenvalue weighted by Crippen LogP contribution is 2.06. The lowest BCUT2D eigenvalue weighted by molar-refractivity contribution is -0.137. The molecular formula is C16H22O2. The zero-order chi connectivity index (χ0) is 13.8. The summed E-state index contributed by atoms with van der Waals surface area (Å²) in [6.07, 6.45) is 5.02. The normalized spacial score (nSPS) is 8.78. The minimum atomic E-state index is -0.330. The largest absolute Gasteiger partial charge is 0.463 e. The van der Waals surface area contributed by atoms with Crippen LogP contribution in [-0.2, 0) is 9.53 Å². The SMILES string of the molecule is C=CC(=O)OCCCC.C=Cc1ccccc1C. The molecule has 0 saturated heterocycles. The number of unbranched alkanes of at least 4 members (excludes halogenated alkanes) is 1. The van der Waals surface area contributed by atoms with E-state index in [2.05, 4.69) is 37.0 Å². The maximum absolute atomic E-state index is 10.3. The van der Waals surface area contributed by atoms with Gasteiger partial charge in [-0.3, -0.25) is 0 Å². The van der Waals surface area contributed by atoms with Crippen LogP contribution in [0.25, 0.3) is 6.08 Å². The Bertz CT molecular complexity index is 380. The number of ether oxygens (including phenoxy) is 1. The molecule has 1 rings (SSSR count). The van der Waals surface area contributed by atoms with Gasteiger partial charge in [0.1, 0.15) is 0 Å². The van der Waals surface area contributed by atoms with E-state index < -0.39 is 0 Å². The summed E-state index contributed by atoms with van der Waals surface area (Å²) in [5.41, 5.74) is 2.50. The standard InChI is InChI=1S/C9H10.C7H12O2/c1-3-9-7-5-4-6-8(9)2;1-3-5-6-9-7(8)4-2/h3-7H,1H2,2H3;4H,2-3,5-6H2,1H3. The molecule has 1 aromatic rings. The Morgan fingerprint density at radius 1 is 1.33 bits per heavy atom. The molecule has 0 amide bonds. The lowest BCUT2D eigenvalue weighted by atomic mass is 10.1. The second-order valence-corrected chi connectivity index (χ2v) is 3.79. The fourth-order valence-corrected chi connectivity index (χ4v) is 1.19. The van der Waals surface area contributed by atoms with E-state index in [9.17, 15) is 4.79 Å². The van der Waals surface area contributed by atoms with Crippen LogP contribution < -0.4 is 0 Å². The van der Waals surface area contributed by atoms with Crippen molar-refractivity contribution in [3.05, 3.63) is 54.6 Å². The molecule has 98 valence electrons. The molecule has 0 atom stereocenters. The van der Waals surface area contributed by atoms with Crippen LogP contribution in [0.1, 0.15) is 30.9 Å². The third kappa shape index (κ3) is 7.44. The van der Waals surface area contributed by atoms with Crippen LogP contribution in [0.4, 0.5) is 0 Å². The van der Waals surface area contributed by atoms with E-state index >= 15 is 0 Å². The summed E-state index contributed by atoms with van der Waals surface area (Å²) in [5, 5.41) is 0. The monoisotopic (exact) mass is 246 g/mol. The first kappa shape index (κ1) is 16.2. The van der Waals surface area contributed by atoms with E-state index in [0.29, 0.717) is 6.61 Å². The minimum absolute atomic E-state index is 0.330. The molecule has 2 nitrogen and oxygen atoms in total. The Morgan fingerprint density at radius 3 is 2.44 bits per heavy atom. The molecule has 0 aliphatic heterocycles. The Labute approximate surface area is 110 Å². The Morgan fingerprint density at radius 2 is 2.00 bits per heavy atom. The third-order valence-electron chi connectivity index (χ3n) is 2.32. The van der Waals surface area contributed by atoms with Gasteiger partial charge >= 0.3 is 5.97 Å². The van der Waals surface area contributed by atoms with Crippen molar-refractivity contribution in [3.8, 4) is 0 Å². The molecule has 0 aromatic heterocycles. The van der Waals surface area contributed by atoms with Crippen molar-refractivity contribution in [3.63, 3.8) is 0 Å². The molecule has 1 aromatic carbocycles. The van der Waals surface area contributed by atoms with Gasteiger partial charge in [-0.25, -0.2) is 4.79 Å². The van der Waals surface area contributed by atoms with Crippen molar-refractivity contribution in [1.82, 2.24) is 0 Å². The van der Waals surface area contributed by atoms with Crippen molar-refractivity contribution in [2.24, 2.45) is 0 Å². The van der Waals surface area contributed by atoms with E-state index in [-0.39, 0.29) is 5.97 Å². The van der Waals surface area contributed by atoms with E-state index in [0.717, 1.165) is 12.8 Å². The van der Waals surface area contributed by atoms with Gasteiger partial charge < -0.3 is 4.74 Å². The summed E-state index contributed by atoms with van der Waals surface area (Å²) >= 11 is 0. The number of hydrogen-bond acceptors (Lipinski definition) is 2. The smallest absolute Gasteiger partial charge is 0.330 e. The Hall–Kier alpha value is -1.83. The maximum Gasteiger partial charge on any atom is 0.330 e. The van der Waals surface area contributed by atoms with E-state index in [4.69, 9.17) is 0 Å². The van der Waals surface area contributed by atoms with Gasteiger partial charge in [0.2, 0.25) is 0 Å². The molecule has 0 saturated carbocycles. The van der Waals surface area contributed by atoms with E-state index in [1.54, 1.807) is 0 Å². The fourth-order valence-electron chi connectivity index (χ4n) is 1.19. The first-order valence-corrected chi connectivity index (χ1v) is 6.13. The van der Waals surface area contributed by atoms with Crippen LogP contribution in [-0.4, -0.2) is 12.6 Å². The Balaban J connectivity index is 0.000000321. The summed E-state index contributed by atoms with van der Waals surface area (Å²) in [6.45, 7) is 11.6. The maximum atomic E-state index is 10.3. The van der Waals surface area contributed by atoms with Gasteiger partial charge in [0.05, 0.1) is 6.61 Å². The molecule has 0 bridgehead atoms. The first-order chi connectivity index (χ1) is 8.65. The molecule has 0 aliphatic rings. The van der Waals surface area contributed by atoms with Crippen molar-refractivity contribution in [2.45, 2.75) is 26.7 Å². The minimum Gasteiger partial charge on any atom is -0.463 e. The van der Waals surface area contributed by atoms with Gasteiger partial charge in [0.25, 0.3) is 0 Å². The molecule has 0 heterocycles. The number of esters is 1. The number of carbonyl (C=O) groups excluding carboxylic acids is 1. The van der Waals surface area contributed by atoms with Crippen LogP contribution in [0, 0.1) is 6.92 Å². The van der Waals surface area contributed by atoms with Crippen LogP contribution in [0.2, 0.25) is 0 Å². The highest BCUT2D eigenvalue weighted by atomic mass is 16.5. The first-order valence-electron chi connectivity index (χ1n) is 6.13. The van der Waals surface area contributed by atoms with Crippen molar-refractivity contribution in [1.29, 1.82) is 0 Å². The van der Waals surface area contributed by atoms with Crippen LogP contribution in [0.15, 0.2) is 43.5 Å². The van der Waals surface area contributed by atoms with Gasteiger partial charge in [-0.1, -0.05) is 56.8 Å². The quantitative estimate of drug-likeness (QED) is 0.443. The van der Waals surface area contributed by atoms with E-state index in [1.807, 2.05) is 25.1 Å². The average molecular weight is 246 g/mol. The summed E-state index contributed by atoms with van der Waals surface area (Å²) in [4.78, 5) is 10.3. The topological polar surface area (TPSA) is 26.3 Å². The summed E-state index contributed by atoms with van der Waals surface area (Å²) in [6, 6.07) is 8.19. The van der Waals surface area contributed by atoms with Gasteiger partial charge in [0, 0.05) is 6.08 Å². The van der Waals surface area contributed by atoms with Gasteiger partial charge in [0.15, 0.2) is 0 Å². The van der Waals surface area contributed by atoms with Gasteiger partial charge in [-0.15, -0.1) is 0 Å². The highest BCUT2D eigenvalue weighted by molar-refractivity contribution is 5.81. The lowest BCUT2D eigenvalue weighted by Crippen LogP contribution is -2.00. The summed E-state index contributed by atoms with van der Waals surface area (Å²) in [5.74, 6) is -0.330. The van der Waals surface area contributed by atoms with Gasteiger partial charge in [-0.2, -0.15) is 0 Å². The highest BCUT2D eigenvalue weighted by Gasteiger charge is 1.91. The third-order valence-corrected chi connectivity index (χ3v) is 2.32. The predicted octanol–water partition coefficient (Wildman–Crippen LogP) is 4.15. The summed E-state index contributed by atoms with van der Waals surface area (Å²) in [7, 11) is 0. The molecule has 0 spiro atoms. The van der Waals surface area contributed by atoms with Crippen LogP contribution in [0.5, 0.6) is 0 Å². The predicted molar refractivity (Wildman–Crippen MR) is 77.3 cm³/mol. The van der Waals surface area contributed by atoms with Crippen LogP contribution >= 0.6 is 0 Å². The zero-order valence-corrected chi connectivity index (χ0v) is 11.3. The Kier molecular flexibility index (Phi) is 9.28. The van der Waals surface area contributed by atoms with Crippen molar-refractivity contribution < 1.29 is 9.53 Å². The number of hydrogen-bond donors (Lipinski definition) is 0. The second kappa shape index (κ2) is 10.3. The molecule has 0 fully saturated rings. The summed E-state index contributed by atoms with van der Waals surface area (Å²) < 4.78 is 4.67. The average Bonchev–Trinajstić information content (AvgIpc) is 2.40. The van der Waals surface area contributed by atoms with Crippen molar-refractivity contribution >= 4 is 12.0 Å². The number of benzene rings is 1. The van der Waals surface area contributed by atoms with Crippen LogP contribution in [0.3, 0.4) is 0 Å². The van der Waals surface area contributed by atoms with Gasteiger partial charge in [-0.05, 0) is 24.5 Å². The number of rotatable bonds is 5. The number of aryl methyl sites for hydroxylation is 1. The molecule has 0 radical (unpaired) electrons. The molecule has 0 unspecified atom stereocenters.